The average Bonchev–Trinajstić information content (AvgIpc) is 3.11. The molecule has 3 aromatic rings. The van der Waals surface area contributed by atoms with Crippen LogP contribution in [0.3, 0.4) is 0 Å². The van der Waals surface area contributed by atoms with Crippen LogP contribution in [-0.2, 0) is 14.8 Å². The number of para-hydroxylation sites is 1. The highest BCUT2D eigenvalue weighted by atomic mass is 32.2. The van der Waals surface area contributed by atoms with E-state index in [0.29, 0.717) is 5.01 Å². The number of hydrogen-bond acceptors (Lipinski definition) is 6. The summed E-state index contributed by atoms with van der Waals surface area (Å²) >= 11 is 1.15. The highest BCUT2D eigenvalue weighted by Crippen LogP contribution is 2.27. The van der Waals surface area contributed by atoms with Crippen LogP contribution in [0.1, 0.15) is 6.92 Å². The Morgan fingerprint density at radius 1 is 1.11 bits per heavy atom. The van der Waals surface area contributed by atoms with Crippen LogP contribution >= 0.6 is 11.3 Å². The third kappa shape index (κ3) is 4.34. The van der Waals surface area contributed by atoms with Gasteiger partial charge < -0.3 is 0 Å². The fourth-order valence-electron chi connectivity index (χ4n) is 2.59. The molecule has 3 rings (SSSR count). The van der Waals surface area contributed by atoms with Gasteiger partial charge in [0.1, 0.15) is 16.9 Å². The van der Waals surface area contributed by atoms with Crippen LogP contribution in [0.2, 0.25) is 0 Å². The molecule has 0 bridgehead atoms. The lowest BCUT2D eigenvalue weighted by atomic mass is 10.2. The number of rotatable bonds is 6. The molecule has 0 spiro atoms. The lowest BCUT2D eigenvalue weighted by Crippen LogP contribution is -2.45. The van der Waals surface area contributed by atoms with E-state index in [-0.39, 0.29) is 10.8 Å². The number of carbonyl (C=O) groups is 1. The maximum Gasteiger partial charge on any atom is 0.249 e. The predicted molar refractivity (Wildman–Crippen MR) is 107 cm³/mol. The zero-order chi connectivity index (χ0) is 20.3. The number of sulfonamides is 1. The molecule has 1 heterocycles. The van der Waals surface area contributed by atoms with Gasteiger partial charge >= 0.3 is 0 Å². The van der Waals surface area contributed by atoms with E-state index in [1.54, 1.807) is 0 Å². The van der Waals surface area contributed by atoms with E-state index < -0.39 is 27.8 Å². The molecule has 1 aromatic heterocycles. The molecule has 0 saturated heterocycles. The molecule has 0 aliphatic heterocycles. The first-order chi connectivity index (χ1) is 13.3. The molecule has 0 aliphatic rings. The summed E-state index contributed by atoms with van der Waals surface area (Å²) in [5, 5.41) is 11.3. The van der Waals surface area contributed by atoms with Crippen LogP contribution in [0, 0.1) is 5.82 Å². The molecule has 0 fully saturated rings. The van der Waals surface area contributed by atoms with Gasteiger partial charge in [-0.2, -0.15) is 0 Å². The standard InChI is InChI=1S/C18H17FN4O3S2/c1-12(23(28(2,25)26)15-11-7-6-10-14(15)19)16(24)20-18-22-21-17(27-18)13-8-4-3-5-9-13/h3-12H,1-2H3,(H,20,22,24)/t12-/m1/s1. The molecule has 0 aliphatic carbocycles. The van der Waals surface area contributed by atoms with E-state index in [4.69, 9.17) is 0 Å². The Morgan fingerprint density at radius 2 is 1.75 bits per heavy atom. The van der Waals surface area contributed by atoms with E-state index in [1.165, 1.54) is 25.1 Å². The van der Waals surface area contributed by atoms with E-state index in [2.05, 4.69) is 15.5 Å². The summed E-state index contributed by atoms with van der Waals surface area (Å²) in [6.07, 6.45) is 0.918. The summed E-state index contributed by atoms with van der Waals surface area (Å²) in [6, 6.07) is 13.5. The van der Waals surface area contributed by atoms with Gasteiger partial charge in [0.25, 0.3) is 0 Å². The summed E-state index contributed by atoms with van der Waals surface area (Å²) in [5.41, 5.74) is 0.646. The van der Waals surface area contributed by atoms with Crippen LogP contribution < -0.4 is 9.62 Å². The van der Waals surface area contributed by atoms with Gasteiger partial charge in [0.2, 0.25) is 21.1 Å². The van der Waals surface area contributed by atoms with Gasteiger partial charge in [-0.1, -0.05) is 53.8 Å². The zero-order valence-electron chi connectivity index (χ0n) is 15.0. The van der Waals surface area contributed by atoms with Gasteiger partial charge in [0.05, 0.1) is 11.9 Å². The Labute approximate surface area is 165 Å². The van der Waals surface area contributed by atoms with Crippen LogP contribution in [0.5, 0.6) is 0 Å². The molecule has 2 aromatic carbocycles. The van der Waals surface area contributed by atoms with Crippen molar-refractivity contribution in [2.45, 2.75) is 13.0 Å². The van der Waals surface area contributed by atoms with Crippen molar-refractivity contribution in [1.82, 2.24) is 10.2 Å². The molecule has 10 heteroatoms. The van der Waals surface area contributed by atoms with Gasteiger partial charge in [0, 0.05) is 5.56 Å². The smallest absolute Gasteiger partial charge is 0.249 e. The minimum atomic E-state index is -3.91. The number of halogens is 1. The number of nitrogens with one attached hydrogen (secondary N) is 1. The van der Waals surface area contributed by atoms with Crippen molar-refractivity contribution in [2.75, 3.05) is 15.9 Å². The molecule has 28 heavy (non-hydrogen) atoms. The topological polar surface area (TPSA) is 92.3 Å². The molecular weight excluding hydrogens is 403 g/mol. The van der Waals surface area contributed by atoms with Gasteiger partial charge in [-0.3, -0.25) is 14.4 Å². The first-order valence-electron chi connectivity index (χ1n) is 8.21. The Morgan fingerprint density at radius 3 is 2.39 bits per heavy atom. The molecule has 0 saturated carbocycles. The number of aromatic nitrogens is 2. The quantitative estimate of drug-likeness (QED) is 0.661. The largest absolute Gasteiger partial charge is 0.299 e. The maximum atomic E-state index is 14.2. The van der Waals surface area contributed by atoms with Crippen molar-refractivity contribution >= 4 is 38.1 Å². The van der Waals surface area contributed by atoms with E-state index >= 15 is 0 Å². The van der Waals surface area contributed by atoms with Crippen molar-refractivity contribution in [2.24, 2.45) is 0 Å². The lowest BCUT2D eigenvalue weighted by molar-refractivity contribution is -0.116. The monoisotopic (exact) mass is 420 g/mol. The number of carbonyl (C=O) groups excluding carboxylic acids is 1. The van der Waals surface area contributed by atoms with Gasteiger partial charge in [-0.25, -0.2) is 12.8 Å². The molecule has 1 N–H and O–H groups in total. The van der Waals surface area contributed by atoms with Crippen molar-refractivity contribution in [3.8, 4) is 10.6 Å². The number of benzene rings is 2. The van der Waals surface area contributed by atoms with Crippen LogP contribution in [0.15, 0.2) is 54.6 Å². The Kier molecular flexibility index (Phi) is 5.71. The zero-order valence-corrected chi connectivity index (χ0v) is 16.7. The van der Waals surface area contributed by atoms with Gasteiger partial charge in [-0.15, -0.1) is 10.2 Å². The van der Waals surface area contributed by atoms with Gasteiger partial charge in [0.15, 0.2) is 0 Å². The van der Waals surface area contributed by atoms with E-state index in [1.807, 2.05) is 30.3 Å². The lowest BCUT2D eigenvalue weighted by Gasteiger charge is -2.28. The summed E-state index contributed by atoms with van der Waals surface area (Å²) in [4.78, 5) is 12.6. The molecule has 1 atom stereocenters. The summed E-state index contributed by atoms with van der Waals surface area (Å²) < 4.78 is 39.4. The average molecular weight is 420 g/mol. The van der Waals surface area contributed by atoms with Crippen molar-refractivity contribution in [1.29, 1.82) is 0 Å². The normalized spacial score (nSPS) is 12.4. The third-order valence-corrected chi connectivity index (χ3v) is 5.97. The molecule has 146 valence electrons. The first-order valence-corrected chi connectivity index (χ1v) is 10.9. The van der Waals surface area contributed by atoms with Crippen LogP contribution in [-0.4, -0.2) is 36.8 Å². The maximum absolute atomic E-state index is 14.2. The van der Waals surface area contributed by atoms with Crippen molar-refractivity contribution < 1.29 is 17.6 Å². The van der Waals surface area contributed by atoms with Crippen molar-refractivity contribution in [3.63, 3.8) is 0 Å². The third-order valence-electron chi connectivity index (χ3n) is 3.85. The minimum Gasteiger partial charge on any atom is -0.299 e. The Bertz CT molecular complexity index is 1090. The minimum absolute atomic E-state index is 0.199. The second kappa shape index (κ2) is 8.03. The summed E-state index contributed by atoms with van der Waals surface area (Å²) in [6.45, 7) is 1.38. The highest BCUT2D eigenvalue weighted by molar-refractivity contribution is 7.92. The van der Waals surface area contributed by atoms with E-state index in [0.717, 1.165) is 33.5 Å². The number of amides is 1. The highest BCUT2D eigenvalue weighted by Gasteiger charge is 2.31. The SMILES string of the molecule is C[C@H](C(=O)Nc1nnc(-c2ccccc2)s1)N(c1ccccc1F)S(C)(=O)=O. The first kappa shape index (κ1) is 19.9. The number of anilines is 2. The molecule has 1 amide bonds. The van der Waals surface area contributed by atoms with Crippen LogP contribution in [0.25, 0.3) is 10.6 Å². The van der Waals surface area contributed by atoms with Crippen LogP contribution in [0.4, 0.5) is 15.2 Å². The molecule has 0 radical (unpaired) electrons. The number of hydrogen-bond donors (Lipinski definition) is 1. The van der Waals surface area contributed by atoms with Gasteiger partial charge in [-0.05, 0) is 19.1 Å². The number of nitrogens with zero attached hydrogens (tertiary/aromatic N) is 3. The summed E-state index contributed by atoms with van der Waals surface area (Å²) in [7, 11) is -3.91. The fourth-order valence-corrected chi connectivity index (χ4v) is 4.52. The molecular formula is C18H17FN4O3S2. The Hall–Kier alpha value is -2.85. The second-order valence-corrected chi connectivity index (χ2v) is 8.79. The van der Waals surface area contributed by atoms with E-state index in [9.17, 15) is 17.6 Å². The fraction of sp³-hybridized carbons (Fsp3) is 0.167. The summed E-state index contributed by atoms with van der Waals surface area (Å²) in [5.74, 6) is -1.39. The predicted octanol–water partition coefficient (Wildman–Crippen LogP) is 3.14. The molecule has 7 nitrogen and oxygen atoms in total. The second-order valence-electron chi connectivity index (χ2n) is 5.95. The Balaban J connectivity index is 1.83. The molecule has 0 unspecified atom stereocenters. The van der Waals surface area contributed by atoms with Crippen molar-refractivity contribution in [3.05, 3.63) is 60.4 Å².